The first-order valence-electron chi connectivity index (χ1n) is 10.2. The number of benzene rings is 2. The van der Waals surface area contributed by atoms with Gasteiger partial charge in [-0.3, -0.25) is 4.79 Å². The van der Waals surface area contributed by atoms with Gasteiger partial charge in [-0.15, -0.1) is 0 Å². The lowest BCUT2D eigenvalue weighted by Gasteiger charge is -2.25. The molecule has 34 heavy (non-hydrogen) atoms. The Morgan fingerprint density at radius 3 is 2.68 bits per heavy atom. The van der Waals surface area contributed by atoms with E-state index in [4.69, 9.17) is 33.3 Å². The first-order valence-corrected chi connectivity index (χ1v) is 11.5. The number of nitrogens with zero attached hydrogens (tertiary/aromatic N) is 1. The molecule has 2 unspecified atom stereocenters. The van der Waals surface area contributed by atoms with Crippen molar-refractivity contribution >= 4 is 47.4 Å². The summed E-state index contributed by atoms with van der Waals surface area (Å²) in [6.45, 7) is -0.278. The molecule has 0 aliphatic carbocycles. The summed E-state index contributed by atoms with van der Waals surface area (Å²) in [4.78, 5) is 16.8. The van der Waals surface area contributed by atoms with Crippen molar-refractivity contribution in [2.45, 2.75) is 17.8 Å². The first kappa shape index (κ1) is 25.7. The summed E-state index contributed by atoms with van der Waals surface area (Å²) in [6.07, 6.45) is 0.935. The van der Waals surface area contributed by atoms with Crippen molar-refractivity contribution in [3.63, 3.8) is 0 Å². The van der Waals surface area contributed by atoms with Crippen LogP contribution in [0.5, 0.6) is 11.5 Å². The summed E-state index contributed by atoms with van der Waals surface area (Å²) < 4.78 is 24.2. The third-order valence-electron chi connectivity index (χ3n) is 4.93. The first-order chi connectivity index (χ1) is 16.3. The number of hydrogen-bond acceptors (Lipinski definition) is 7. The lowest BCUT2D eigenvalue weighted by Crippen LogP contribution is -2.34. The summed E-state index contributed by atoms with van der Waals surface area (Å²) in [7, 11) is 1.40. The minimum absolute atomic E-state index is 0.0527. The van der Waals surface area contributed by atoms with Crippen LogP contribution in [0.15, 0.2) is 60.8 Å². The van der Waals surface area contributed by atoms with Crippen LogP contribution in [0, 0.1) is 5.82 Å². The number of thiol groups is 1. The van der Waals surface area contributed by atoms with Crippen LogP contribution < -0.4 is 10.1 Å². The molecule has 0 saturated carbocycles. The average Bonchev–Trinajstić information content (AvgIpc) is 2.84. The zero-order valence-electron chi connectivity index (χ0n) is 18.1. The fourth-order valence-electron chi connectivity index (χ4n) is 3.20. The van der Waals surface area contributed by atoms with Gasteiger partial charge in [-0.05, 0) is 23.3 Å². The van der Waals surface area contributed by atoms with E-state index in [1.54, 1.807) is 6.07 Å². The Bertz CT molecular complexity index is 1170. The third-order valence-corrected chi connectivity index (χ3v) is 6.25. The average molecular weight is 521 g/mol. The van der Waals surface area contributed by atoms with Gasteiger partial charge in [-0.25, -0.2) is 9.37 Å². The lowest BCUT2D eigenvalue weighted by atomic mass is 10.0. The lowest BCUT2D eigenvalue weighted by molar-refractivity contribution is -0.147. The van der Waals surface area contributed by atoms with E-state index >= 15 is 0 Å². The van der Waals surface area contributed by atoms with E-state index in [2.05, 4.69) is 22.9 Å². The van der Waals surface area contributed by atoms with Crippen molar-refractivity contribution in [3.8, 4) is 11.5 Å². The fourth-order valence-corrected chi connectivity index (χ4v) is 4.00. The number of aromatic hydroxyl groups is 1. The van der Waals surface area contributed by atoms with Crippen molar-refractivity contribution in [3.05, 3.63) is 88.5 Å². The number of pyridine rings is 1. The Hall–Kier alpha value is -2.88. The molecule has 0 aliphatic heterocycles. The number of thiocarbonyl (C=S) groups is 1. The van der Waals surface area contributed by atoms with Crippen LogP contribution in [0.25, 0.3) is 0 Å². The summed E-state index contributed by atoms with van der Waals surface area (Å²) in [5.74, 6) is -1.10. The molecule has 10 heteroatoms. The minimum Gasteiger partial charge on any atom is -0.503 e. The number of methoxy groups -OCH3 is 1. The van der Waals surface area contributed by atoms with Crippen LogP contribution in [-0.2, 0) is 16.0 Å². The van der Waals surface area contributed by atoms with E-state index in [9.17, 15) is 14.3 Å². The summed E-state index contributed by atoms with van der Waals surface area (Å²) in [6, 6.07) is 14.9. The highest BCUT2D eigenvalue weighted by atomic mass is 35.5. The number of carbonyl (C=O) groups is 1. The highest BCUT2D eigenvalue weighted by molar-refractivity contribution is 7.80. The predicted octanol–water partition coefficient (Wildman–Crippen LogP) is 4.68. The van der Waals surface area contributed by atoms with E-state index < -0.39 is 23.1 Å². The number of esters is 1. The van der Waals surface area contributed by atoms with E-state index in [1.165, 1.54) is 31.5 Å². The molecule has 0 spiro atoms. The molecule has 6 nitrogen and oxygen atoms in total. The maximum atomic E-state index is 13.5. The van der Waals surface area contributed by atoms with Gasteiger partial charge in [0.1, 0.15) is 29.1 Å². The summed E-state index contributed by atoms with van der Waals surface area (Å²) >= 11 is 16.1. The zero-order valence-corrected chi connectivity index (χ0v) is 20.5. The minimum atomic E-state index is -0.708. The number of hydrogen-bond donors (Lipinski definition) is 3. The maximum Gasteiger partial charge on any atom is 0.325 e. The molecule has 178 valence electrons. The van der Waals surface area contributed by atoms with Crippen LogP contribution in [-0.4, -0.2) is 40.8 Å². The molecule has 2 N–H and O–H groups in total. The van der Waals surface area contributed by atoms with E-state index in [-0.39, 0.29) is 40.2 Å². The van der Waals surface area contributed by atoms with Gasteiger partial charge in [0.2, 0.25) is 0 Å². The van der Waals surface area contributed by atoms with Gasteiger partial charge in [0, 0.05) is 23.7 Å². The molecule has 0 bridgehead atoms. The van der Waals surface area contributed by atoms with Gasteiger partial charge in [-0.1, -0.05) is 60.2 Å². The molecule has 1 heterocycles. The van der Waals surface area contributed by atoms with Crippen molar-refractivity contribution in [2.75, 3.05) is 13.7 Å². The Labute approximate surface area is 212 Å². The highest BCUT2D eigenvalue weighted by Gasteiger charge is 2.26. The van der Waals surface area contributed by atoms with E-state index in [0.717, 1.165) is 5.56 Å². The zero-order chi connectivity index (χ0) is 24.7. The van der Waals surface area contributed by atoms with Gasteiger partial charge in [-0.2, -0.15) is 12.6 Å². The molecule has 0 saturated heterocycles. The van der Waals surface area contributed by atoms with Gasteiger partial charge in [0.25, 0.3) is 0 Å². The smallest absolute Gasteiger partial charge is 0.325 e. The largest absolute Gasteiger partial charge is 0.503 e. The number of ether oxygens (including phenoxy) is 2. The van der Waals surface area contributed by atoms with Crippen molar-refractivity contribution in [1.82, 2.24) is 10.3 Å². The predicted molar refractivity (Wildman–Crippen MR) is 135 cm³/mol. The summed E-state index contributed by atoms with van der Waals surface area (Å²) in [5.41, 5.74) is 1.54. The SMILES string of the molecule is COc1ccnc(C(=S)NCC(=O)OC(Cc2ccc(F)cc2Cl)C(S)c2ccccc2)c1O. The molecule has 3 rings (SSSR count). The molecule has 0 amide bonds. The standard InChI is InChI=1S/C24H22ClFN2O4S2/c1-31-18-9-10-27-21(22(18)30)24(34)28-13-20(29)32-19(23(33)14-5-3-2-4-6-14)11-15-7-8-16(26)12-17(15)25/h2-10,12,19,23,30,33H,11,13H2,1H3,(H,28,34). The second-order valence-electron chi connectivity index (χ2n) is 7.22. The molecule has 3 aromatic rings. The van der Waals surface area contributed by atoms with Gasteiger partial charge in [0.15, 0.2) is 11.5 Å². The molecule has 0 aliphatic rings. The number of carbonyl (C=O) groups excluding carboxylic acids is 1. The number of nitrogens with one attached hydrogen (secondary N) is 1. The third kappa shape index (κ3) is 6.59. The number of halogens is 2. The Balaban J connectivity index is 1.72. The fraction of sp³-hybridized carbons (Fsp3) is 0.208. The summed E-state index contributed by atoms with van der Waals surface area (Å²) in [5, 5.41) is 12.7. The quantitative estimate of drug-likeness (QED) is 0.215. The molecule has 2 aromatic carbocycles. The van der Waals surface area contributed by atoms with Gasteiger partial charge in [0.05, 0.1) is 12.4 Å². The molecule has 0 fully saturated rings. The van der Waals surface area contributed by atoms with E-state index in [1.807, 2.05) is 30.3 Å². The maximum absolute atomic E-state index is 13.5. The van der Waals surface area contributed by atoms with Crippen LogP contribution >= 0.6 is 36.4 Å². The highest BCUT2D eigenvalue weighted by Crippen LogP contribution is 2.31. The normalized spacial score (nSPS) is 12.5. The molecule has 0 radical (unpaired) electrons. The van der Waals surface area contributed by atoms with Crippen molar-refractivity contribution < 1.29 is 23.8 Å². The molecular formula is C24H22ClFN2O4S2. The Morgan fingerprint density at radius 2 is 2.00 bits per heavy atom. The number of aromatic nitrogens is 1. The van der Waals surface area contributed by atoms with Crippen molar-refractivity contribution in [2.24, 2.45) is 0 Å². The Kier molecular flexibility index (Phi) is 9.09. The monoisotopic (exact) mass is 520 g/mol. The van der Waals surface area contributed by atoms with Crippen LogP contribution in [0.2, 0.25) is 5.02 Å². The molecule has 1 aromatic heterocycles. The van der Waals surface area contributed by atoms with Gasteiger partial charge < -0.3 is 19.9 Å². The van der Waals surface area contributed by atoms with Gasteiger partial charge >= 0.3 is 5.97 Å². The second kappa shape index (κ2) is 12.0. The topological polar surface area (TPSA) is 80.7 Å². The van der Waals surface area contributed by atoms with Crippen LogP contribution in [0.1, 0.15) is 22.1 Å². The van der Waals surface area contributed by atoms with Crippen LogP contribution in [0.4, 0.5) is 4.39 Å². The second-order valence-corrected chi connectivity index (χ2v) is 8.59. The molecule has 2 atom stereocenters. The number of rotatable bonds is 9. The molecular weight excluding hydrogens is 499 g/mol. The van der Waals surface area contributed by atoms with E-state index in [0.29, 0.717) is 5.56 Å². The van der Waals surface area contributed by atoms with Crippen LogP contribution in [0.3, 0.4) is 0 Å². The van der Waals surface area contributed by atoms with Crippen molar-refractivity contribution in [1.29, 1.82) is 0 Å². The Morgan fingerprint density at radius 1 is 1.26 bits per heavy atom.